The number of phenolic OH excluding ortho intramolecular Hbond substituents is 1. The smallest absolute Gasteiger partial charge is 0.143 e. The van der Waals surface area contributed by atoms with E-state index in [1.165, 1.54) is 10.4 Å². The number of nitrogens with zero attached hydrogens (tertiary/aromatic N) is 3. The van der Waals surface area contributed by atoms with E-state index in [0.717, 1.165) is 17.5 Å². The van der Waals surface area contributed by atoms with Gasteiger partial charge in [-0.15, -0.1) is 15.0 Å². The van der Waals surface area contributed by atoms with Crippen LogP contribution in [0.5, 0.6) is 5.75 Å². The third-order valence-electron chi connectivity index (χ3n) is 4.23. The van der Waals surface area contributed by atoms with Gasteiger partial charge in [-0.3, -0.25) is 0 Å². The van der Waals surface area contributed by atoms with E-state index in [-0.39, 0.29) is 16.6 Å². The van der Waals surface area contributed by atoms with Crippen molar-refractivity contribution in [2.45, 2.75) is 46.5 Å². The van der Waals surface area contributed by atoms with Crippen molar-refractivity contribution >= 4 is 11.0 Å². The van der Waals surface area contributed by atoms with Crippen LogP contribution in [0.3, 0.4) is 0 Å². The van der Waals surface area contributed by atoms with Gasteiger partial charge in [-0.05, 0) is 47.1 Å². The van der Waals surface area contributed by atoms with Crippen LogP contribution in [-0.2, 0) is 5.41 Å². The summed E-state index contributed by atoms with van der Waals surface area (Å²) in [4.78, 5) is 1.52. The van der Waals surface area contributed by atoms with Crippen LogP contribution in [0.15, 0.2) is 42.5 Å². The molecule has 0 unspecified atom stereocenters. The summed E-state index contributed by atoms with van der Waals surface area (Å²) in [5.41, 5.74) is 3.64. The summed E-state index contributed by atoms with van der Waals surface area (Å²) in [5.74, 6) is 0.186. The molecule has 1 aromatic heterocycles. The van der Waals surface area contributed by atoms with Gasteiger partial charge in [0.1, 0.15) is 22.5 Å². The van der Waals surface area contributed by atoms with Gasteiger partial charge >= 0.3 is 0 Å². The van der Waals surface area contributed by atoms with E-state index in [1.807, 2.05) is 36.4 Å². The number of hydrogen-bond donors (Lipinski definition) is 1. The summed E-state index contributed by atoms with van der Waals surface area (Å²) < 4.78 is 0. The fourth-order valence-corrected chi connectivity index (χ4v) is 3.50. The fraction of sp³-hybridized carbons (Fsp3) is 0.400. The van der Waals surface area contributed by atoms with E-state index in [4.69, 9.17) is 0 Å². The summed E-state index contributed by atoms with van der Waals surface area (Å²) in [5, 5.41) is 19.3. The first-order valence-electron chi connectivity index (χ1n) is 8.32. The van der Waals surface area contributed by atoms with Crippen molar-refractivity contribution in [1.82, 2.24) is 15.0 Å². The SMILES string of the molecule is CC(C)(C)CC(C)(C)[13c]1[13cH][13cH][13c](O)[13c](-n2nc3ccccc3n2)[13cH]1. The monoisotopic (exact) mass is 329 g/mol. The Bertz CT molecular complexity index is 839. The number of hydrogen-bond acceptors (Lipinski definition) is 3. The Morgan fingerprint density at radius 2 is 1.50 bits per heavy atom. The maximum absolute atomic E-state index is 10.3. The van der Waals surface area contributed by atoms with Crippen molar-refractivity contribution < 1.29 is 5.11 Å². The summed E-state index contributed by atoms with van der Waals surface area (Å²) in [6, 6.07) is 13.4. The number of aromatic hydroxyl groups is 1. The highest BCUT2D eigenvalue weighted by atomic mass is 16.3. The average Bonchev–Trinajstić information content (AvgIpc) is 2.88. The first-order valence-corrected chi connectivity index (χ1v) is 8.32. The zero-order valence-electron chi connectivity index (χ0n) is 15.0. The predicted molar refractivity (Wildman–Crippen MR) is 97.6 cm³/mol. The maximum Gasteiger partial charge on any atom is 0.143 e. The first kappa shape index (κ1) is 16.5. The molecule has 0 aliphatic heterocycles. The lowest BCUT2D eigenvalue weighted by Crippen LogP contribution is -2.25. The van der Waals surface area contributed by atoms with Gasteiger partial charge in [0.25, 0.3) is 0 Å². The molecule has 1 N–H and O–H groups in total. The summed E-state index contributed by atoms with van der Waals surface area (Å²) in [6.45, 7) is 11.2. The van der Waals surface area contributed by atoms with E-state index in [1.54, 1.807) is 6.07 Å². The van der Waals surface area contributed by atoms with Crippen LogP contribution < -0.4 is 0 Å². The molecule has 4 nitrogen and oxygen atoms in total. The molecule has 2 aromatic carbocycles. The van der Waals surface area contributed by atoms with E-state index in [0.29, 0.717) is 5.69 Å². The molecular formula is C20H25N3O. The molecule has 24 heavy (non-hydrogen) atoms. The molecule has 0 saturated carbocycles. The molecule has 1 heterocycles. The van der Waals surface area contributed by atoms with Gasteiger partial charge in [-0.25, -0.2) is 0 Å². The van der Waals surface area contributed by atoms with Gasteiger partial charge in [-0.1, -0.05) is 52.8 Å². The summed E-state index contributed by atoms with van der Waals surface area (Å²) >= 11 is 0. The van der Waals surface area contributed by atoms with E-state index in [9.17, 15) is 5.11 Å². The molecule has 4 heteroatoms. The predicted octanol–water partition coefficient (Wildman–Crippen LogP) is 4.84. The quantitative estimate of drug-likeness (QED) is 0.748. The number of phenols is 1. The second-order valence-electron chi connectivity index (χ2n) is 8.30. The lowest BCUT2D eigenvalue weighted by Gasteiger charge is -2.33. The minimum Gasteiger partial charge on any atom is -0.506 e. The van der Waals surface area contributed by atoms with Crippen molar-refractivity contribution in [2.24, 2.45) is 5.41 Å². The maximum atomic E-state index is 10.3. The molecular weight excluding hydrogens is 304 g/mol. The number of aromatic nitrogens is 3. The van der Waals surface area contributed by atoms with Crippen LogP contribution in [0.1, 0.15) is 46.6 Å². The molecule has 0 fully saturated rings. The molecule has 3 aromatic rings. The Morgan fingerprint density at radius 3 is 2.04 bits per heavy atom. The van der Waals surface area contributed by atoms with Crippen LogP contribution >= 0.6 is 0 Å². The van der Waals surface area contributed by atoms with Crippen LogP contribution in [0.25, 0.3) is 16.7 Å². The highest BCUT2D eigenvalue weighted by Gasteiger charge is 2.28. The third-order valence-corrected chi connectivity index (χ3v) is 4.23. The van der Waals surface area contributed by atoms with E-state index < -0.39 is 0 Å². The standard InChI is InChI=1S/C20H25N3O/c1-19(2,3)13-20(4,5)14-10-11-18(24)17(12-14)23-21-15-8-6-7-9-16(15)22-23/h6-12,24H,13H2,1-5H3/i10+1,11+1,12+1,14+1,17+1,18+1. The van der Waals surface area contributed by atoms with Gasteiger partial charge in [0.2, 0.25) is 0 Å². The van der Waals surface area contributed by atoms with Crippen molar-refractivity contribution in [2.75, 3.05) is 0 Å². The molecule has 126 valence electrons. The van der Waals surface area contributed by atoms with Crippen LogP contribution in [0, 0.1) is 5.41 Å². The van der Waals surface area contributed by atoms with Gasteiger partial charge in [0.05, 0.1) is 0 Å². The van der Waals surface area contributed by atoms with Crippen molar-refractivity contribution in [3.05, 3.63) is 48.0 Å². The molecule has 0 saturated heterocycles. The third kappa shape index (κ3) is 3.28. The Balaban J connectivity index is 2.06. The molecule has 0 spiro atoms. The molecule has 0 bridgehead atoms. The Morgan fingerprint density at radius 1 is 0.917 bits per heavy atom. The van der Waals surface area contributed by atoms with Crippen LogP contribution in [-0.4, -0.2) is 20.1 Å². The molecule has 3 rings (SSSR count). The minimum absolute atomic E-state index is 0.00667. The molecule has 0 atom stereocenters. The summed E-state index contributed by atoms with van der Waals surface area (Å²) in [7, 11) is 0. The lowest BCUT2D eigenvalue weighted by molar-refractivity contribution is 0.284. The number of fused-ring (bicyclic) bond motifs is 1. The Labute approximate surface area is 143 Å². The highest BCUT2D eigenvalue weighted by Crippen LogP contribution is 2.38. The lowest BCUT2D eigenvalue weighted by atomic mass is 9.80. The van der Waals surface area contributed by atoms with E-state index in [2.05, 4.69) is 44.8 Å². The highest BCUT2D eigenvalue weighted by molar-refractivity contribution is 5.73. The second kappa shape index (κ2) is 5.62. The van der Waals surface area contributed by atoms with Gasteiger partial charge in [-0.2, -0.15) is 0 Å². The Kier molecular flexibility index (Phi) is 3.86. The first-order chi connectivity index (χ1) is 11.2. The van der Waals surface area contributed by atoms with Gasteiger partial charge in [0, 0.05) is 0 Å². The Hall–Kier alpha value is -2.36. The van der Waals surface area contributed by atoms with Gasteiger partial charge in [0.15, 0.2) is 0 Å². The zero-order chi connectivity index (χ0) is 17.5. The van der Waals surface area contributed by atoms with Crippen LogP contribution in [0.4, 0.5) is 0 Å². The normalized spacial score (nSPS) is 12.7. The number of rotatable bonds is 3. The van der Waals surface area contributed by atoms with Crippen LogP contribution in [0.2, 0.25) is 0 Å². The number of benzene rings is 2. The van der Waals surface area contributed by atoms with Crippen molar-refractivity contribution in [3.8, 4) is 11.4 Å². The van der Waals surface area contributed by atoms with E-state index >= 15 is 0 Å². The summed E-state index contributed by atoms with van der Waals surface area (Å²) in [6.07, 6.45) is 1.04. The topological polar surface area (TPSA) is 50.9 Å². The molecule has 0 aliphatic carbocycles. The molecule has 0 radical (unpaired) electrons. The largest absolute Gasteiger partial charge is 0.506 e. The second-order valence-corrected chi connectivity index (χ2v) is 8.30. The van der Waals surface area contributed by atoms with Crippen molar-refractivity contribution in [1.29, 1.82) is 0 Å². The zero-order valence-corrected chi connectivity index (χ0v) is 15.0. The fourth-order valence-electron chi connectivity index (χ4n) is 3.50. The minimum atomic E-state index is -0.00667. The van der Waals surface area contributed by atoms with Gasteiger partial charge < -0.3 is 5.11 Å². The van der Waals surface area contributed by atoms with Crippen molar-refractivity contribution in [3.63, 3.8) is 0 Å². The molecule has 0 amide bonds. The average molecular weight is 329 g/mol. The molecule has 0 aliphatic rings.